The first kappa shape index (κ1) is 13.0. The SMILES string of the molecule is CCOc1cccc2c1OCC(CNCCO)O2. The van der Waals surface area contributed by atoms with Crippen LogP contribution < -0.4 is 19.5 Å². The van der Waals surface area contributed by atoms with Crippen LogP contribution in [0.5, 0.6) is 17.2 Å². The molecule has 1 atom stereocenters. The number of hydrogen-bond acceptors (Lipinski definition) is 5. The molecule has 0 saturated carbocycles. The molecule has 2 N–H and O–H groups in total. The Kier molecular flexibility index (Phi) is 4.66. The molecule has 0 amide bonds. The summed E-state index contributed by atoms with van der Waals surface area (Å²) >= 11 is 0. The molecular weight excluding hydrogens is 234 g/mol. The van der Waals surface area contributed by atoms with Crippen molar-refractivity contribution in [2.24, 2.45) is 0 Å². The highest BCUT2D eigenvalue weighted by Crippen LogP contribution is 2.39. The number of para-hydroxylation sites is 1. The van der Waals surface area contributed by atoms with Gasteiger partial charge in [0.2, 0.25) is 5.75 Å². The van der Waals surface area contributed by atoms with Gasteiger partial charge in [-0.05, 0) is 19.1 Å². The molecule has 1 unspecified atom stereocenters. The van der Waals surface area contributed by atoms with Crippen LogP contribution in [0.25, 0.3) is 0 Å². The Morgan fingerprint density at radius 1 is 1.50 bits per heavy atom. The summed E-state index contributed by atoms with van der Waals surface area (Å²) in [5.74, 6) is 2.11. The van der Waals surface area contributed by atoms with Crippen LogP contribution in [0.4, 0.5) is 0 Å². The average Bonchev–Trinajstić information content (AvgIpc) is 2.39. The van der Waals surface area contributed by atoms with Crippen molar-refractivity contribution < 1.29 is 19.3 Å². The molecule has 5 heteroatoms. The van der Waals surface area contributed by atoms with Crippen molar-refractivity contribution >= 4 is 0 Å². The van der Waals surface area contributed by atoms with Crippen molar-refractivity contribution in [3.05, 3.63) is 18.2 Å². The fraction of sp³-hybridized carbons (Fsp3) is 0.538. The van der Waals surface area contributed by atoms with Gasteiger partial charge in [0.15, 0.2) is 11.5 Å². The third-order valence-corrected chi connectivity index (χ3v) is 2.61. The van der Waals surface area contributed by atoms with Gasteiger partial charge in [-0.15, -0.1) is 0 Å². The van der Waals surface area contributed by atoms with Crippen LogP contribution in [0.1, 0.15) is 6.92 Å². The first-order valence-corrected chi connectivity index (χ1v) is 6.22. The molecule has 0 saturated heterocycles. The average molecular weight is 253 g/mol. The van der Waals surface area contributed by atoms with Gasteiger partial charge >= 0.3 is 0 Å². The number of ether oxygens (including phenoxy) is 3. The fourth-order valence-electron chi connectivity index (χ4n) is 1.83. The molecule has 1 aliphatic rings. The second-order valence-electron chi connectivity index (χ2n) is 4.00. The molecule has 0 radical (unpaired) electrons. The fourth-order valence-corrected chi connectivity index (χ4v) is 1.83. The molecule has 0 fully saturated rings. The van der Waals surface area contributed by atoms with Crippen molar-refractivity contribution in [1.29, 1.82) is 0 Å². The van der Waals surface area contributed by atoms with E-state index in [4.69, 9.17) is 19.3 Å². The molecule has 1 heterocycles. The van der Waals surface area contributed by atoms with Crippen molar-refractivity contribution in [3.63, 3.8) is 0 Å². The number of aliphatic hydroxyl groups is 1. The zero-order chi connectivity index (χ0) is 12.8. The number of aliphatic hydroxyl groups excluding tert-OH is 1. The molecule has 0 aliphatic carbocycles. The molecule has 0 aromatic heterocycles. The molecule has 5 nitrogen and oxygen atoms in total. The van der Waals surface area contributed by atoms with Crippen LogP contribution in [0.3, 0.4) is 0 Å². The molecule has 2 rings (SSSR count). The Bertz CT molecular complexity index is 383. The van der Waals surface area contributed by atoms with E-state index < -0.39 is 0 Å². The van der Waals surface area contributed by atoms with Gasteiger partial charge in [0.1, 0.15) is 12.7 Å². The third-order valence-electron chi connectivity index (χ3n) is 2.61. The van der Waals surface area contributed by atoms with E-state index in [0.717, 1.165) is 5.75 Å². The highest BCUT2D eigenvalue weighted by molar-refractivity contribution is 5.52. The Labute approximate surface area is 107 Å². The Balaban J connectivity index is 1.99. The summed E-state index contributed by atoms with van der Waals surface area (Å²) in [5, 5.41) is 11.8. The minimum atomic E-state index is -0.0408. The summed E-state index contributed by atoms with van der Waals surface area (Å²) in [6.07, 6.45) is -0.0408. The first-order valence-electron chi connectivity index (χ1n) is 6.22. The zero-order valence-corrected chi connectivity index (χ0v) is 10.5. The molecule has 0 bridgehead atoms. The van der Waals surface area contributed by atoms with Crippen LogP contribution >= 0.6 is 0 Å². The zero-order valence-electron chi connectivity index (χ0n) is 10.5. The number of benzene rings is 1. The topological polar surface area (TPSA) is 60.0 Å². The lowest BCUT2D eigenvalue weighted by Gasteiger charge is -2.27. The minimum Gasteiger partial charge on any atom is -0.490 e. The first-order chi connectivity index (χ1) is 8.85. The monoisotopic (exact) mass is 253 g/mol. The lowest BCUT2D eigenvalue weighted by molar-refractivity contribution is 0.0856. The normalized spacial score (nSPS) is 17.6. The molecular formula is C13H19NO4. The predicted octanol–water partition coefficient (Wildman–Crippen LogP) is 0.807. The van der Waals surface area contributed by atoms with Crippen LogP contribution in [0.15, 0.2) is 18.2 Å². The van der Waals surface area contributed by atoms with Gasteiger partial charge < -0.3 is 24.6 Å². The molecule has 1 aliphatic heterocycles. The van der Waals surface area contributed by atoms with E-state index >= 15 is 0 Å². The number of hydrogen-bond donors (Lipinski definition) is 2. The van der Waals surface area contributed by atoms with Gasteiger partial charge in [0.25, 0.3) is 0 Å². The summed E-state index contributed by atoms with van der Waals surface area (Å²) in [6, 6.07) is 5.63. The second kappa shape index (κ2) is 6.47. The maximum absolute atomic E-state index is 8.70. The van der Waals surface area contributed by atoms with Crippen LogP contribution in [-0.2, 0) is 0 Å². The Morgan fingerprint density at radius 3 is 3.17 bits per heavy atom. The van der Waals surface area contributed by atoms with Crippen molar-refractivity contribution in [2.45, 2.75) is 13.0 Å². The van der Waals surface area contributed by atoms with E-state index in [2.05, 4.69) is 5.32 Å². The lowest BCUT2D eigenvalue weighted by atomic mass is 10.2. The lowest BCUT2D eigenvalue weighted by Crippen LogP contribution is -2.39. The summed E-state index contributed by atoms with van der Waals surface area (Å²) in [7, 11) is 0. The summed E-state index contributed by atoms with van der Waals surface area (Å²) < 4.78 is 17.0. The van der Waals surface area contributed by atoms with E-state index in [0.29, 0.717) is 37.8 Å². The third kappa shape index (κ3) is 3.05. The molecule has 1 aromatic carbocycles. The number of nitrogens with one attached hydrogen (secondary N) is 1. The summed E-state index contributed by atoms with van der Waals surface area (Å²) in [6.45, 7) is 4.35. The minimum absolute atomic E-state index is 0.0408. The summed E-state index contributed by atoms with van der Waals surface area (Å²) in [4.78, 5) is 0. The van der Waals surface area contributed by atoms with Crippen LogP contribution in [0.2, 0.25) is 0 Å². The van der Waals surface area contributed by atoms with Crippen LogP contribution in [-0.4, -0.2) is 44.1 Å². The highest BCUT2D eigenvalue weighted by Gasteiger charge is 2.23. The molecule has 18 heavy (non-hydrogen) atoms. The molecule has 100 valence electrons. The Morgan fingerprint density at radius 2 is 2.39 bits per heavy atom. The quantitative estimate of drug-likeness (QED) is 0.735. The predicted molar refractivity (Wildman–Crippen MR) is 67.5 cm³/mol. The maximum Gasteiger partial charge on any atom is 0.203 e. The Hall–Kier alpha value is -1.46. The van der Waals surface area contributed by atoms with Gasteiger partial charge in [0.05, 0.1) is 13.2 Å². The van der Waals surface area contributed by atoms with E-state index in [9.17, 15) is 0 Å². The van der Waals surface area contributed by atoms with Crippen LogP contribution in [0, 0.1) is 0 Å². The van der Waals surface area contributed by atoms with E-state index in [1.165, 1.54) is 0 Å². The molecule has 0 spiro atoms. The van der Waals surface area contributed by atoms with Gasteiger partial charge in [-0.1, -0.05) is 6.07 Å². The van der Waals surface area contributed by atoms with Gasteiger partial charge in [-0.3, -0.25) is 0 Å². The van der Waals surface area contributed by atoms with Crippen molar-refractivity contribution in [2.75, 3.05) is 32.9 Å². The maximum atomic E-state index is 8.70. The second-order valence-corrected chi connectivity index (χ2v) is 4.00. The van der Waals surface area contributed by atoms with Crippen molar-refractivity contribution in [1.82, 2.24) is 5.32 Å². The smallest absolute Gasteiger partial charge is 0.203 e. The van der Waals surface area contributed by atoms with Crippen molar-refractivity contribution in [3.8, 4) is 17.2 Å². The van der Waals surface area contributed by atoms with Gasteiger partial charge in [-0.2, -0.15) is 0 Å². The van der Waals surface area contributed by atoms with Gasteiger partial charge in [0, 0.05) is 13.1 Å². The summed E-state index contributed by atoms with van der Waals surface area (Å²) in [5.41, 5.74) is 0. The largest absolute Gasteiger partial charge is 0.490 e. The number of fused-ring (bicyclic) bond motifs is 1. The van der Waals surface area contributed by atoms with E-state index in [-0.39, 0.29) is 12.7 Å². The van der Waals surface area contributed by atoms with E-state index in [1.807, 2.05) is 25.1 Å². The number of rotatable bonds is 6. The standard InChI is InChI=1S/C13H19NO4/c1-2-16-11-4-3-5-12-13(11)17-9-10(18-12)8-14-6-7-15/h3-5,10,14-15H,2,6-9H2,1H3. The molecule has 1 aromatic rings. The van der Waals surface area contributed by atoms with Gasteiger partial charge in [-0.25, -0.2) is 0 Å². The highest BCUT2D eigenvalue weighted by atomic mass is 16.6. The van der Waals surface area contributed by atoms with E-state index in [1.54, 1.807) is 0 Å².